The number of esters is 4. The van der Waals surface area contributed by atoms with Gasteiger partial charge in [0.2, 0.25) is 0 Å². The molecule has 1 aromatic rings. The molecule has 11 unspecified atom stereocenters. The number of rotatable bonds is 9. The molecule has 0 radical (unpaired) electrons. The van der Waals surface area contributed by atoms with E-state index in [1.54, 1.807) is 12.1 Å². The molecule has 3 aliphatic heterocycles. The monoisotopic (exact) mass is 612 g/mol. The molecule has 0 amide bonds. The highest BCUT2D eigenvalue weighted by molar-refractivity contribution is 5.68. The SMILES string of the molecule is COC1OC2COC(c3ccccc3)OC2C(OC2OC(COC(C)=O)C(OC(C)=O)C(OC(C)=O)C2OC(C)=O)C1O. The number of carbonyl (C=O) groups excluding carboxylic acids is 4. The molecule has 3 fully saturated rings. The highest BCUT2D eigenvalue weighted by atomic mass is 16.8. The van der Waals surface area contributed by atoms with E-state index in [0.29, 0.717) is 5.56 Å². The van der Waals surface area contributed by atoms with Gasteiger partial charge >= 0.3 is 23.9 Å². The molecule has 3 aliphatic rings. The summed E-state index contributed by atoms with van der Waals surface area (Å²) in [5.74, 6) is -3.03. The van der Waals surface area contributed by atoms with Gasteiger partial charge in [0.1, 0.15) is 37.1 Å². The minimum absolute atomic E-state index is 0.0508. The van der Waals surface area contributed by atoms with Gasteiger partial charge in [-0.15, -0.1) is 0 Å². The van der Waals surface area contributed by atoms with Crippen molar-refractivity contribution in [2.45, 2.75) is 95.4 Å². The number of hydrogen-bond donors (Lipinski definition) is 1. The first-order valence-corrected chi connectivity index (χ1v) is 13.6. The number of hydrogen-bond acceptors (Lipinski definition) is 15. The first-order valence-electron chi connectivity index (χ1n) is 13.6. The summed E-state index contributed by atoms with van der Waals surface area (Å²) in [4.78, 5) is 48.0. The van der Waals surface area contributed by atoms with Gasteiger partial charge in [0.15, 0.2) is 37.2 Å². The summed E-state index contributed by atoms with van der Waals surface area (Å²) in [6.07, 6.45) is -13.5. The number of benzene rings is 1. The van der Waals surface area contributed by atoms with E-state index in [1.165, 1.54) is 7.11 Å². The lowest BCUT2D eigenvalue weighted by molar-refractivity contribution is -0.390. The molecule has 3 heterocycles. The maximum absolute atomic E-state index is 12.2. The first-order chi connectivity index (χ1) is 20.5. The molecule has 3 saturated heterocycles. The van der Waals surface area contributed by atoms with Crippen LogP contribution in [0, 0.1) is 0 Å². The summed E-state index contributed by atoms with van der Waals surface area (Å²) in [5, 5.41) is 11.3. The van der Waals surface area contributed by atoms with Crippen LogP contribution in [0.4, 0.5) is 0 Å². The van der Waals surface area contributed by atoms with Crippen molar-refractivity contribution in [1.82, 2.24) is 0 Å². The normalized spacial score (nSPS) is 35.6. The van der Waals surface area contributed by atoms with E-state index >= 15 is 0 Å². The van der Waals surface area contributed by atoms with E-state index in [1.807, 2.05) is 18.2 Å². The lowest BCUT2D eigenvalue weighted by atomic mass is 9.95. The standard InChI is InChI=1S/C28H36O15/c1-13(29)35-11-18-22(37-14(2)30)24(38-15(3)31)25(39-16(4)32)28(41-18)43-23-20(33)27(34-5)40-19-12-36-26(42-21(19)23)17-9-7-6-8-10-17/h6-10,18-28,33H,11-12H2,1-5H3. The molecule has 0 spiro atoms. The second-order valence-electron chi connectivity index (χ2n) is 10.1. The Balaban J connectivity index is 1.69. The van der Waals surface area contributed by atoms with Crippen LogP contribution in [0.3, 0.4) is 0 Å². The zero-order chi connectivity index (χ0) is 31.3. The van der Waals surface area contributed by atoms with Gasteiger partial charge in [0.05, 0.1) is 6.61 Å². The molecular weight excluding hydrogens is 576 g/mol. The Morgan fingerprint density at radius 1 is 0.791 bits per heavy atom. The topological polar surface area (TPSA) is 181 Å². The summed E-state index contributed by atoms with van der Waals surface area (Å²) in [5.41, 5.74) is 0.704. The summed E-state index contributed by atoms with van der Waals surface area (Å²) in [6, 6.07) is 9.07. The van der Waals surface area contributed by atoms with E-state index in [-0.39, 0.29) is 6.61 Å². The number of fused-ring (bicyclic) bond motifs is 1. The third-order valence-corrected chi connectivity index (χ3v) is 6.85. The number of aliphatic hydroxyl groups is 1. The average Bonchev–Trinajstić information content (AvgIpc) is 2.95. The van der Waals surface area contributed by atoms with E-state index in [2.05, 4.69) is 0 Å². The molecule has 0 aromatic heterocycles. The molecular formula is C28H36O15. The van der Waals surface area contributed by atoms with Crippen LogP contribution >= 0.6 is 0 Å². The van der Waals surface area contributed by atoms with E-state index < -0.39 is 98.2 Å². The van der Waals surface area contributed by atoms with Gasteiger partial charge in [0, 0.05) is 40.4 Å². The summed E-state index contributed by atoms with van der Waals surface area (Å²) < 4.78 is 57.1. The van der Waals surface area contributed by atoms with E-state index in [4.69, 9.17) is 47.4 Å². The van der Waals surface area contributed by atoms with Gasteiger partial charge in [-0.2, -0.15) is 0 Å². The third-order valence-electron chi connectivity index (χ3n) is 6.85. The van der Waals surface area contributed by atoms with Gasteiger partial charge in [-0.1, -0.05) is 30.3 Å². The Kier molecular flexibility index (Phi) is 11.1. The van der Waals surface area contributed by atoms with Crippen LogP contribution < -0.4 is 0 Å². The molecule has 4 rings (SSSR count). The quantitative estimate of drug-likeness (QED) is 0.297. The Morgan fingerprint density at radius 3 is 2.02 bits per heavy atom. The van der Waals surface area contributed by atoms with Gasteiger partial charge in [-0.3, -0.25) is 19.2 Å². The fraction of sp³-hybridized carbons (Fsp3) is 0.643. The number of carbonyl (C=O) groups is 4. The molecule has 11 atom stereocenters. The molecule has 1 N–H and O–H groups in total. The van der Waals surface area contributed by atoms with Crippen LogP contribution in [-0.2, 0) is 66.5 Å². The van der Waals surface area contributed by atoms with Crippen LogP contribution in [0.5, 0.6) is 0 Å². The van der Waals surface area contributed by atoms with Crippen LogP contribution in [0.25, 0.3) is 0 Å². The minimum Gasteiger partial charge on any atom is -0.463 e. The largest absolute Gasteiger partial charge is 0.463 e. The Hall–Kier alpha value is -3.18. The van der Waals surface area contributed by atoms with Gasteiger partial charge in [-0.05, 0) is 0 Å². The van der Waals surface area contributed by atoms with Crippen LogP contribution in [0.1, 0.15) is 39.5 Å². The van der Waals surface area contributed by atoms with Gasteiger partial charge in [0.25, 0.3) is 0 Å². The molecule has 0 saturated carbocycles. The summed E-state index contributed by atoms with van der Waals surface area (Å²) in [6.45, 7) is 4.11. The van der Waals surface area contributed by atoms with Crippen molar-refractivity contribution in [2.24, 2.45) is 0 Å². The van der Waals surface area contributed by atoms with Crippen LogP contribution in [0.15, 0.2) is 30.3 Å². The van der Waals surface area contributed by atoms with E-state index in [9.17, 15) is 24.3 Å². The van der Waals surface area contributed by atoms with Gasteiger partial charge in [-0.25, -0.2) is 0 Å². The highest BCUT2D eigenvalue weighted by Gasteiger charge is 2.57. The fourth-order valence-corrected chi connectivity index (χ4v) is 5.15. The van der Waals surface area contributed by atoms with Crippen molar-refractivity contribution in [3.05, 3.63) is 35.9 Å². The summed E-state index contributed by atoms with van der Waals surface area (Å²) in [7, 11) is 1.33. The van der Waals surface area contributed by atoms with Crippen molar-refractivity contribution in [2.75, 3.05) is 20.3 Å². The lowest BCUT2D eigenvalue weighted by Gasteiger charge is -2.50. The number of methoxy groups -OCH3 is 1. The predicted molar refractivity (Wildman–Crippen MR) is 139 cm³/mol. The Morgan fingerprint density at radius 2 is 1.42 bits per heavy atom. The highest BCUT2D eigenvalue weighted by Crippen LogP contribution is 2.38. The van der Waals surface area contributed by atoms with E-state index in [0.717, 1.165) is 27.7 Å². The average molecular weight is 613 g/mol. The predicted octanol–water partition coefficient (Wildman–Crippen LogP) is 0.301. The zero-order valence-electron chi connectivity index (χ0n) is 24.3. The zero-order valence-corrected chi connectivity index (χ0v) is 24.3. The first kappa shape index (κ1) is 32.7. The van der Waals surface area contributed by atoms with Crippen molar-refractivity contribution in [3.8, 4) is 0 Å². The lowest BCUT2D eigenvalue weighted by Crippen LogP contribution is -2.67. The van der Waals surface area contributed by atoms with Crippen LogP contribution in [0.2, 0.25) is 0 Å². The maximum atomic E-state index is 12.2. The third kappa shape index (κ3) is 8.06. The molecule has 15 nitrogen and oxygen atoms in total. The van der Waals surface area contributed by atoms with Crippen molar-refractivity contribution in [3.63, 3.8) is 0 Å². The fourth-order valence-electron chi connectivity index (χ4n) is 5.15. The summed E-state index contributed by atoms with van der Waals surface area (Å²) >= 11 is 0. The van der Waals surface area contributed by atoms with Crippen molar-refractivity contribution >= 4 is 23.9 Å². The Labute approximate surface area is 247 Å². The minimum atomic E-state index is -1.56. The molecule has 238 valence electrons. The Bertz CT molecular complexity index is 1130. The maximum Gasteiger partial charge on any atom is 0.303 e. The number of aliphatic hydroxyl groups excluding tert-OH is 1. The molecule has 0 bridgehead atoms. The van der Waals surface area contributed by atoms with Gasteiger partial charge < -0.3 is 52.5 Å². The molecule has 1 aromatic carbocycles. The van der Waals surface area contributed by atoms with Crippen molar-refractivity contribution < 1.29 is 71.7 Å². The second kappa shape index (κ2) is 14.5. The number of ether oxygens (including phenoxy) is 10. The molecule has 43 heavy (non-hydrogen) atoms. The molecule has 0 aliphatic carbocycles. The molecule has 15 heteroatoms. The smallest absolute Gasteiger partial charge is 0.303 e. The second-order valence-corrected chi connectivity index (χ2v) is 10.1. The van der Waals surface area contributed by atoms with Crippen LogP contribution in [-0.4, -0.2) is 111 Å². The van der Waals surface area contributed by atoms with Crippen molar-refractivity contribution in [1.29, 1.82) is 0 Å².